The molecule has 0 aliphatic carbocycles. The summed E-state index contributed by atoms with van der Waals surface area (Å²) in [6, 6.07) is 5.57. The van der Waals surface area contributed by atoms with Gasteiger partial charge in [-0.25, -0.2) is 22.9 Å². The van der Waals surface area contributed by atoms with Crippen molar-refractivity contribution in [1.29, 1.82) is 5.26 Å². The van der Waals surface area contributed by atoms with Gasteiger partial charge in [-0.15, -0.1) is 0 Å². The monoisotopic (exact) mass is 497 g/mol. The molecule has 182 valence electrons. The molecule has 1 N–H and O–H groups in total. The van der Waals surface area contributed by atoms with Crippen molar-refractivity contribution in [3.05, 3.63) is 80.1 Å². The Bertz CT molecular complexity index is 1490. The summed E-state index contributed by atoms with van der Waals surface area (Å²) in [4.78, 5) is 35.6. The van der Waals surface area contributed by atoms with Gasteiger partial charge < -0.3 is 14.6 Å². The van der Waals surface area contributed by atoms with Crippen LogP contribution < -0.4 is 20.7 Å². The van der Waals surface area contributed by atoms with E-state index in [0.717, 1.165) is 25.2 Å². The van der Waals surface area contributed by atoms with Gasteiger partial charge in [-0.3, -0.25) is 9.36 Å². The summed E-state index contributed by atoms with van der Waals surface area (Å²) in [5.74, 6) is -4.84. The van der Waals surface area contributed by atoms with Crippen molar-refractivity contribution >= 4 is 5.97 Å². The minimum atomic E-state index is -5.05. The van der Waals surface area contributed by atoms with E-state index in [0.29, 0.717) is 12.1 Å². The maximum atomic E-state index is 14.7. The van der Waals surface area contributed by atoms with E-state index >= 15 is 0 Å². The molecule has 3 aromatic rings. The van der Waals surface area contributed by atoms with Gasteiger partial charge in [-0.2, -0.15) is 18.4 Å². The van der Waals surface area contributed by atoms with Crippen LogP contribution in [0.1, 0.15) is 11.3 Å². The number of aromatic nitrogens is 2. The molecule has 0 spiro atoms. The van der Waals surface area contributed by atoms with Gasteiger partial charge in [0.15, 0.2) is 18.1 Å². The third-order valence-corrected chi connectivity index (χ3v) is 4.50. The quantitative estimate of drug-likeness (QED) is 0.520. The predicted octanol–water partition coefficient (Wildman–Crippen LogP) is 2.96. The molecule has 0 bridgehead atoms. The van der Waals surface area contributed by atoms with E-state index in [-0.39, 0.29) is 21.0 Å². The second-order valence-corrected chi connectivity index (χ2v) is 6.83. The van der Waals surface area contributed by atoms with Gasteiger partial charge in [0, 0.05) is 25.2 Å². The van der Waals surface area contributed by atoms with Gasteiger partial charge in [0.25, 0.3) is 5.56 Å². The summed E-state index contributed by atoms with van der Waals surface area (Å²) in [5, 5.41) is 18.1. The fourth-order valence-electron chi connectivity index (χ4n) is 2.94. The fourth-order valence-corrected chi connectivity index (χ4v) is 2.94. The lowest BCUT2D eigenvalue weighted by Gasteiger charge is -2.16. The second-order valence-electron chi connectivity index (χ2n) is 6.83. The van der Waals surface area contributed by atoms with Crippen LogP contribution in [0.15, 0.2) is 46.0 Å². The molecule has 0 aliphatic rings. The van der Waals surface area contributed by atoms with Crippen LogP contribution in [0, 0.1) is 23.0 Å². The van der Waals surface area contributed by atoms with Crippen LogP contribution in [0.25, 0.3) is 5.69 Å². The van der Waals surface area contributed by atoms with Crippen molar-refractivity contribution in [2.75, 3.05) is 6.61 Å². The van der Waals surface area contributed by atoms with Crippen molar-refractivity contribution in [3.63, 3.8) is 0 Å². The fraction of sp³-hybridized carbons (Fsp3) is 0.143. The summed E-state index contributed by atoms with van der Waals surface area (Å²) in [6.07, 6.45) is -5.05. The Morgan fingerprint density at radius 2 is 1.77 bits per heavy atom. The van der Waals surface area contributed by atoms with Crippen LogP contribution in [0.4, 0.5) is 22.0 Å². The summed E-state index contributed by atoms with van der Waals surface area (Å²) in [6.45, 7) is -0.848. The zero-order valence-electron chi connectivity index (χ0n) is 17.4. The van der Waals surface area contributed by atoms with Crippen LogP contribution >= 0.6 is 0 Å². The maximum Gasteiger partial charge on any atom is 0.431 e. The minimum Gasteiger partial charge on any atom is -0.479 e. The zero-order chi connectivity index (χ0) is 26.1. The van der Waals surface area contributed by atoms with Gasteiger partial charge in [0.1, 0.15) is 29.1 Å². The first kappa shape index (κ1) is 25.0. The maximum absolute atomic E-state index is 14.7. The van der Waals surface area contributed by atoms with Crippen molar-refractivity contribution in [1.82, 2.24) is 9.13 Å². The molecule has 35 heavy (non-hydrogen) atoms. The highest BCUT2D eigenvalue weighted by Gasteiger charge is 2.35. The van der Waals surface area contributed by atoms with Crippen molar-refractivity contribution in [2.24, 2.45) is 7.05 Å². The van der Waals surface area contributed by atoms with E-state index in [1.807, 2.05) is 0 Å². The Hall–Kier alpha value is -4.67. The van der Waals surface area contributed by atoms with E-state index in [9.17, 15) is 41.6 Å². The lowest BCUT2D eigenvalue weighted by atomic mass is 10.1. The molecule has 1 aromatic heterocycles. The van der Waals surface area contributed by atoms with Crippen LogP contribution in [0.2, 0.25) is 0 Å². The summed E-state index contributed by atoms with van der Waals surface area (Å²) in [7, 11) is 0.721. The van der Waals surface area contributed by atoms with E-state index in [2.05, 4.69) is 0 Å². The van der Waals surface area contributed by atoms with E-state index in [1.165, 1.54) is 0 Å². The number of aliphatic carboxylic acids is 1. The van der Waals surface area contributed by atoms with Crippen LogP contribution in [-0.2, 0) is 18.0 Å². The first-order valence-corrected chi connectivity index (χ1v) is 9.29. The SMILES string of the molecule is Cn1c(C(F)(F)F)cc(=O)n(-c2cc(Oc3cc(F)ccc3OCC(=O)O)c(C#N)cc2F)c1=O. The first-order valence-electron chi connectivity index (χ1n) is 9.29. The standard InChI is InChI=1S/C21H12F5N3O6/c1-28-17(21(24,25)26)7-18(30)29(20(28)33)13-6-15(10(8-27)4-12(13)23)35-16-5-11(22)2-3-14(16)34-9-19(31)32/h2-7H,9H2,1H3,(H,31,32). The Labute approximate surface area is 191 Å². The summed E-state index contributed by atoms with van der Waals surface area (Å²) >= 11 is 0. The molecular formula is C21H12F5N3O6. The Morgan fingerprint density at radius 1 is 1.09 bits per heavy atom. The molecule has 14 heteroatoms. The molecule has 9 nitrogen and oxygen atoms in total. The van der Waals surface area contributed by atoms with E-state index in [4.69, 9.17) is 14.6 Å². The van der Waals surface area contributed by atoms with Crippen molar-refractivity contribution in [3.8, 4) is 29.0 Å². The third-order valence-electron chi connectivity index (χ3n) is 4.50. The predicted molar refractivity (Wildman–Crippen MR) is 107 cm³/mol. The zero-order valence-corrected chi connectivity index (χ0v) is 17.4. The van der Waals surface area contributed by atoms with Gasteiger partial charge in [0.2, 0.25) is 0 Å². The normalized spacial score (nSPS) is 11.1. The number of hydrogen-bond acceptors (Lipinski definition) is 6. The number of carbonyl (C=O) groups is 1. The molecule has 3 rings (SSSR count). The molecule has 0 unspecified atom stereocenters. The van der Waals surface area contributed by atoms with Crippen LogP contribution in [0.5, 0.6) is 17.2 Å². The van der Waals surface area contributed by atoms with Gasteiger partial charge >= 0.3 is 17.8 Å². The number of alkyl halides is 3. The third kappa shape index (κ3) is 5.13. The molecule has 0 fully saturated rings. The smallest absolute Gasteiger partial charge is 0.431 e. The average Bonchev–Trinajstić information content (AvgIpc) is 2.76. The molecule has 0 radical (unpaired) electrons. The number of hydrogen-bond donors (Lipinski definition) is 1. The highest BCUT2D eigenvalue weighted by molar-refractivity contribution is 5.68. The topological polar surface area (TPSA) is 124 Å². The van der Waals surface area contributed by atoms with Crippen molar-refractivity contribution in [2.45, 2.75) is 6.18 Å². The van der Waals surface area contributed by atoms with E-state index in [1.54, 1.807) is 6.07 Å². The molecule has 0 saturated carbocycles. The number of ether oxygens (including phenoxy) is 2. The average molecular weight is 497 g/mol. The van der Waals surface area contributed by atoms with Gasteiger partial charge in [-0.1, -0.05) is 0 Å². The van der Waals surface area contributed by atoms with Crippen LogP contribution in [-0.4, -0.2) is 26.8 Å². The summed E-state index contributed by atoms with van der Waals surface area (Å²) < 4.78 is 78.3. The van der Waals surface area contributed by atoms with E-state index < -0.39 is 70.1 Å². The lowest BCUT2D eigenvalue weighted by molar-refractivity contribution is -0.144. The highest BCUT2D eigenvalue weighted by Crippen LogP contribution is 2.35. The number of halogens is 5. The lowest BCUT2D eigenvalue weighted by Crippen LogP contribution is -2.41. The number of benzene rings is 2. The number of nitriles is 1. The Morgan fingerprint density at radius 3 is 2.37 bits per heavy atom. The van der Waals surface area contributed by atoms with Crippen LogP contribution in [0.3, 0.4) is 0 Å². The number of rotatable bonds is 6. The van der Waals surface area contributed by atoms with Gasteiger partial charge in [0.05, 0.1) is 11.3 Å². The molecule has 0 saturated heterocycles. The second kappa shape index (κ2) is 9.29. The molecule has 0 atom stereocenters. The van der Waals surface area contributed by atoms with Crippen molar-refractivity contribution < 1.29 is 41.3 Å². The number of nitrogens with zero attached hydrogens (tertiary/aromatic N) is 3. The Kier molecular flexibility index (Phi) is 6.63. The first-order chi connectivity index (χ1) is 16.3. The Balaban J connectivity index is 2.19. The summed E-state index contributed by atoms with van der Waals surface area (Å²) in [5.41, 5.74) is -6.00. The molecule has 1 heterocycles. The van der Waals surface area contributed by atoms with Gasteiger partial charge in [-0.05, 0) is 18.2 Å². The molecular weight excluding hydrogens is 485 g/mol. The number of carboxylic acid groups (broad SMARTS) is 1. The minimum absolute atomic E-state index is 0.0873. The molecule has 0 aliphatic heterocycles. The highest BCUT2D eigenvalue weighted by atomic mass is 19.4. The largest absolute Gasteiger partial charge is 0.479 e. The molecule has 0 amide bonds. The molecule has 2 aromatic carbocycles. The number of carboxylic acids is 1.